The van der Waals surface area contributed by atoms with Crippen LogP contribution in [-0.4, -0.2) is 14.3 Å². The van der Waals surface area contributed by atoms with Crippen LogP contribution >= 0.6 is 27.3 Å². The molecule has 0 saturated heterocycles. The van der Waals surface area contributed by atoms with Gasteiger partial charge in [0.05, 0.1) is 6.54 Å². The average Bonchev–Trinajstić information content (AvgIpc) is 2.68. The Morgan fingerprint density at radius 1 is 1.64 bits per heavy atom. The van der Waals surface area contributed by atoms with Gasteiger partial charge in [-0.3, -0.25) is 4.57 Å². The Morgan fingerprint density at radius 3 is 2.93 bits per heavy atom. The highest BCUT2D eigenvalue weighted by Crippen LogP contribution is 2.22. The number of hydrogen-bond donors (Lipinski definition) is 0. The maximum absolute atomic E-state index is 11.5. The van der Waals surface area contributed by atoms with Gasteiger partial charge < -0.3 is 0 Å². The van der Waals surface area contributed by atoms with Crippen LogP contribution in [0.25, 0.3) is 0 Å². The number of nitrogens with zero attached hydrogens (tertiary/aromatic N) is 3. The highest BCUT2D eigenvalue weighted by Gasteiger charge is 2.06. The summed E-state index contributed by atoms with van der Waals surface area (Å²) < 4.78 is 3.93. The molecule has 0 radical (unpaired) electrons. The van der Waals surface area contributed by atoms with E-state index in [1.807, 2.05) is 11.4 Å². The predicted molar refractivity (Wildman–Crippen MR) is 58.6 cm³/mol. The Labute approximate surface area is 92.9 Å². The molecule has 4 nitrogen and oxygen atoms in total. The first-order valence-electron chi connectivity index (χ1n) is 3.99. The molecule has 2 aromatic rings. The van der Waals surface area contributed by atoms with Crippen molar-refractivity contribution in [2.45, 2.75) is 6.54 Å². The van der Waals surface area contributed by atoms with Crippen LogP contribution in [0, 0.1) is 0 Å². The lowest BCUT2D eigenvalue weighted by Crippen LogP contribution is -2.23. The molecule has 0 aliphatic heterocycles. The smallest absolute Gasteiger partial charge is 0.285 e. The van der Waals surface area contributed by atoms with E-state index in [1.165, 1.54) is 15.6 Å². The van der Waals surface area contributed by atoms with Crippen LogP contribution in [-0.2, 0) is 13.6 Å². The number of hydrogen-bond acceptors (Lipinski definition) is 3. The first-order chi connectivity index (χ1) is 6.68. The molecule has 14 heavy (non-hydrogen) atoms. The zero-order valence-corrected chi connectivity index (χ0v) is 9.88. The molecule has 0 unspecified atom stereocenters. The molecule has 0 aromatic carbocycles. The summed E-state index contributed by atoms with van der Waals surface area (Å²) in [5, 5.41) is 5.96. The zero-order valence-electron chi connectivity index (χ0n) is 7.48. The van der Waals surface area contributed by atoms with Gasteiger partial charge in [-0.05, 0) is 27.4 Å². The van der Waals surface area contributed by atoms with Crippen molar-refractivity contribution >= 4 is 27.3 Å². The maximum Gasteiger partial charge on any atom is 0.345 e. The van der Waals surface area contributed by atoms with Crippen molar-refractivity contribution in [3.05, 3.63) is 37.6 Å². The molecule has 0 N–H and O–H groups in total. The standard InChI is InChI=1S/C8H8BrN3OS/c1-11-5-10-12(8(11)13)4-7-6(9)2-3-14-7/h2-3,5H,4H2,1H3. The fraction of sp³-hybridized carbons (Fsp3) is 0.250. The third-order valence-corrected chi connectivity index (χ3v) is 3.78. The van der Waals surface area contributed by atoms with Crippen molar-refractivity contribution in [3.63, 3.8) is 0 Å². The van der Waals surface area contributed by atoms with E-state index in [4.69, 9.17) is 0 Å². The number of aromatic nitrogens is 3. The normalized spacial score (nSPS) is 10.7. The Morgan fingerprint density at radius 2 is 2.43 bits per heavy atom. The summed E-state index contributed by atoms with van der Waals surface area (Å²) in [4.78, 5) is 12.6. The number of halogens is 1. The number of rotatable bonds is 2. The van der Waals surface area contributed by atoms with Gasteiger partial charge in [0, 0.05) is 16.4 Å². The molecular weight excluding hydrogens is 266 g/mol. The van der Waals surface area contributed by atoms with E-state index in [-0.39, 0.29) is 5.69 Å². The van der Waals surface area contributed by atoms with Crippen LogP contribution in [0.3, 0.4) is 0 Å². The number of thiophene rings is 1. The van der Waals surface area contributed by atoms with E-state index >= 15 is 0 Å². The van der Waals surface area contributed by atoms with Gasteiger partial charge in [0.15, 0.2) is 0 Å². The summed E-state index contributed by atoms with van der Waals surface area (Å²) in [7, 11) is 1.69. The Hall–Kier alpha value is -0.880. The second-order valence-corrected chi connectivity index (χ2v) is 4.73. The van der Waals surface area contributed by atoms with Crippen LogP contribution in [0.4, 0.5) is 0 Å². The fourth-order valence-electron chi connectivity index (χ4n) is 1.10. The van der Waals surface area contributed by atoms with Crippen LogP contribution < -0.4 is 5.69 Å². The van der Waals surface area contributed by atoms with Gasteiger partial charge >= 0.3 is 5.69 Å². The Balaban J connectivity index is 2.32. The molecule has 0 saturated carbocycles. The van der Waals surface area contributed by atoms with Gasteiger partial charge in [0.2, 0.25) is 0 Å². The third kappa shape index (κ3) is 1.67. The molecule has 6 heteroatoms. The minimum Gasteiger partial charge on any atom is -0.285 e. The van der Waals surface area contributed by atoms with E-state index in [0.29, 0.717) is 6.54 Å². The maximum atomic E-state index is 11.5. The third-order valence-electron chi connectivity index (χ3n) is 1.87. The van der Waals surface area contributed by atoms with Gasteiger partial charge in [-0.25, -0.2) is 9.48 Å². The van der Waals surface area contributed by atoms with Gasteiger partial charge in [0.25, 0.3) is 0 Å². The van der Waals surface area contributed by atoms with Gasteiger partial charge in [0.1, 0.15) is 6.33 Å². The molecule has 0 bridgehead atoms. The summed E-state index contributed by atoms with van der Waals surface area (Å²) in [6.07, 6.45) is 1.52. The topological polar surface area (TPSA) is 39.8 Å². The fourth-order valence-corrected chi connectivity index (χ4v) is 2.56. The van der Waals surface area contributed by atoms with Gasteiger partial charge in [-0.1, -0.05) is 0 Å². The average molecular weight is 274 g/mol. The lowest BCUT2D eigenvalue weighted by molar-refractivity contribution is 0.652. The highest BCUT2D eigenvalue weighted by molar-refractivity contribution is 9.10. The van der Waals surface area contributed by atoms with Crippen molar-refractivity contribution in [2.75, 3.05) is 0 Å². The van der Waals surface area contributed by atoms with E-state index in [9.17, 15) is 4.79 Å². The minimum atomic E-state index is -0.0923. The molecule has 0 aliphatic carbocycles. The quantitative estimate of drug-likeness (QED) is 0.831. The Bertz CT molecular complexity index is 499. The second kappa shape index (κ2) is 3.70. The molecule has 2 aromatic heterocycles. The van der Waals surface area contributed by atoms with Crippen molar-refractivity contribution < 1.29 is 0 Å². The molecule has 0 aliphatic rings. The van der Waals surface area contributed by atoms with Gasteiger partial charge in [-0.15, -0.1) is 11.3 Å². The lowest BCUT2D eigenvalue weighted by atomic mass is 10.5. The Kier molecular flexibility index (Phi) is 2.56. The molecule has 2 rings (SSSR count). The molecule has 0 atom stereocenters. The first-order valence-corrected chi connectivity index (χ1v) is 5.66. The summed E-state index contributed by atoms with van der Waals surface area (Å²) in [6.45, 7) is 0.526. The summed E-state index contributed by atoms with van der Waals surface area (Å²) in [5.74, 6) is 0. The van der Waals surface area contributed by atoms with E-state index in [1.54, 1.807) is 18.4 Å². The van der Waals surface area contributed by atoms with Crippen molar-refractivity contribution in [3.8, 4) is 0 Å². The predicted octanol–water partition coefficient (Wildman–Crippen LogP) is 1.45. The van der Waals surface area contributed by atoms with Crippen LogP contribution in [0.2, 0.25) is 0 Å². The first kappa shape index (κ1) is 9.67. The largest absolute Gasteiger partial charge is 0.345 e. The minimum absolute atomic E-state index is 0.0923. The highest BCUT2D eigenvalue weighted by atomic mass is 79.9. The monoisotopic (exact) mass is 273 g/mol. The summed E-state index contributed by atoms with van der Waals surface area (Å²) in [6, 6.07) is 1.97. The second-order valence-electron chi connectivity index (χ2n) is 2.87. The SMILES string of the molecule is Cn1cnn(Cc2sccc2Br)c1=O. The lowest BCUT2D eigenvalue weighted by Gasteiger charge is -1.96. The van der Waals surface area contributed by atoms with Crippen LogP contribution in [0.15, 0.2) is 27.0 Å². The molecule has 0 spiro atoms. The van der Waals surface area contributed by atoms with Crippen molar-refractivity contribution in [2.24, 2.45) is 7.05 Å². The molecule has 2 heterocycles. The summed E-state index contributed by atoms with van der Waals surface area (Å²) in [5.41, 5.74) is -0.0923. The molecule has 74 valence electrons. The van der Waals surface area contributed by atoms with Gasteiger partial charge in [-0.2, -0.15) is 5.10 Å². The van der Waals surface area contributed by atoms with E-state index in [2.05, 4.69) is 21.0 Å². The van der Waals surface area contributed by atoms with Crippen LogP contribution in [0.1, 0.15) is 4.88 Å². The molecule has 0 amide bonds. The van der Waals surface area contributed by atoms with Crippen LogP contribution in [0.5, 0.6) is 0 Å². The molecule has 0 fully saturated rings. The van der Waals surface area contributed by atoms with Crippen molar-refractivity contribution in [1.82, 2.24) is 14.3 Å². The van der Waals surface area contributed by atoms with Crippen molar-refractivity contribution in [1.29, 1.82) is 0 Å². The molecular formula is C8H8BrN3OS. The number of aryl methyl sites for hydroxylation is 1. The van der Waals surface area contributed by atoms with E-state index in [0.717, 1.165) is 9.35 Å². The zero-order chi connectivity index (χ0) is 10.1. The summed E-state index contributed by atoms with van der Waals surface area (Å²) >= 11 is 5.02. The van der Waals surface area contributed by atoms with E-state index < -0.39 is 0 Å².